The van der Waals surface area contributed by atoms with Crippen molar-refractivity contribution >= 4 is 5.69 Å². The minimum absolute atomic E-state index is 0.466. The zero-order valence-corrected chi connectivity index (χ0v) is 13.4. The lowest BCUT2D eigenvalue weighted by Crippen LogP contribution is -2.47. The van der Waals surface area contributed by atoms with Gasteiger partial charge in [0.2, 0.25) is 0 Å². The minimum Gasteiger partial charge on any atom is -0.371 e. The van der Waals surface area contributed by atoms with Crippen molar-refractivity contribution in [1.29, 1.82) is 0 Å². The summed E-state index contributed by atoms with van der Waals surface area (Å²) in [4.78, 5) is 2.56. The van der Waals surface area contributed by atoms with E-state index in [-0.39, 0.29) is 0 Å². The van der Waals surface area contributed by atoms with Crippen molar-refractivity contribution in [2.24, 2.45) is 5.41 Å². The molecule has 1 aromatic carbocycles. The van der Waals surface area contributed by atoms with Gasteiger partial charge in [0.05, 0.1) is 0 Å². The van der Waals surface area contributed by atoms with Gasteiger partial charge in [-0.25, -0.2) is 0 Å². The highest BCUT2D eigenvalue weighted by Gasteiger charge is 2.32. The number of benzene rings is 1. The van der Waals surface area contributed by atoms with E-state index in [1.165, 1.54) is 56.6 Å². The molecular weight excluding hydrogens is 244 g/mol. The van der Waals surface area contributed by atoms with Gasteiger partial charge in [0.15, 0.2) is 0 Å². The Morgan fingerprint density at radius 1 is 1.20 bits per heavy atom. The molecule has 1 N–H and O–H groups in total. The van der Waals surface area contributed by atoms with E-state index in [0.717, 1.165) is 6.54 Å². The quantitative estimate of drug-likeness (QED) is 0.843. The van der Waals surface area contributed by atoms with E-state index in [1.807, 2.05) is 0 Å². The summed E-state index contributed by atoms with van der Waals surface area (Å²) in [5, 5.41) is 3.62. The van der Waals surface area contributed by atoms with Crippen molar-refractivity contribution in [3.63, 3.8) is 0 Å². The van der Waals surface area contributed by atoms with Crippen LogP contribution in [0.3, 0.4) is 0 Å². The van der Waals surface area contributed by atoms with Gasteiger partial charge in [-0.15, -0.1) is 0 Å². The van der Waals surface area contributed by atoms with Gasteiger partial charge >= 0.3 is 0 Å². The highest BCUT2D eigenvalue weighted by atomic mass is 15.1. The third-order valence-corrected chi connectivity index (χ3v) is 4.65. The maximum Gasteiger partial charge on any atom is 0.0366 e. The van der Waals surface area contributed by atoms with Crippen molar-refractivity contribution in [2.45, 2.75) is 46.5 Å². The van der Waals surface area contributed by atoms with E-state index in [1.54, 1.807) is 0 Å². The molecule has 0 aliphatic carbocycles. The Morgan fingerprint density at radius 2 is 1.95 bits per heavy atom. The molecule has 0 aromatic heterocycles. The summed E-state index contributed by atoms with van der Waals surface area (Å²) in [6.45, 7) is 11.4. The average Bonchev–Trinajstić information content (AvgIpc) is 2.47. The second-order valence-corrected chi connectivity index (χ2v) is 6.38. The van der Waals surface area contributed by atoms with Gasteiger partial charge in [0, 0.05) is 30.7 Å². The molecule has 2 rings (SSSR count). The van der Waals surface area contributed by atoms with E-state index in [0.29, 0.717) is 5.41 Å². The van der Waals surface area contributed by atoms with Crippen LogP contribution in [0.25, 0.3) is 0 Å². The van der Waals surface area contributed by atoms with Crippen LogP contribution < -0.4 is 10.2 Å². The maximum atomic E-state index is 3.62. The third kappa shape index (κ3) is 3.76. The molecule has 0 saturated carbocycles. The van der Waals surface area contributed by atoms with Gasteiger partial charge in [-0.3, -0.25) is 0 Å². The second-order valence-electron chi connectivity index (χ2n) is 6.38. The largest absolute Gasteiger partial charge is 0.371 e. The number of piperidine rings is 1. The molecule has 1 fully saturated rings. The van der Waals surface area contributed by atoms with Crippen LogP contribution in [0.15, 0.2) is 24.3 Å². The molecule has 2 nitrogen and oxygen atoms in total. The standard InChI is InChI=1S/C18H30N2/c1-4-11-18(12-6-13-19-14-18)15-20(5-2)17-9-7-16(3)8-10-17/h7-10,19H,4-6,11-15H2,1-3H3. The first-order chi connectivity index (χ1) is 9.69. The van der Waals surface area contributed by atoms with E-state index in [4.69, 9.17) is 0 Å². The molecule has 2 heteroatoms. The number of hydrogen-bond donors (Lipinski definition) is 1. The Kier molecular flexibility index (Phi) is 5.47. The molecule has 112 valence electrons. The summed E-state index contributed by atoms with van der Waals surface area (Å²) in [5.74, 6) is 0. The number of anilines is 1. The SMILES string of the molecule is CCCC1(CN(CC)c2ccc(C)cc2)CCCNC1. The lowest BCUT2D eigenvalue weighted by Gasteiger charge is -2.42. The smallest absolute Gasteiger partial charge is 0.0366 e. The summed E-state index contributed by atoms with van der Waals surface area (Å²) >= 11 is 0. The van der Waals surface area contributed by atoms with Gasteiger partial charge in [0.25, 0.3) is 0 Å². The second kappa shape index (κ2) is 7.12. The predicted molar refractivity (Wildman–Crippen MR) is 88.5 cm³/mol. The van der Waals surface area contributed by atoms with E-state index < -0.39 is 0 Å². The molecule has 0 spiro atoms. The van der Waals surface area contributed by atoms with Crippen LogP contribution in [0.2, 0.25) is 0 Å². The molecule has 1 unspecified atom stereocenters. The normalized spacial score (nSPS) is 22.8. The zero-order valence-electron chi connectivity index (χ0n) is 13.4. The van der Waals surface area contributed by atoms with Gasteiger partial charge < -0.3 is 10.2 Å². The van der Waals surface area contributed by atoms with Crippen molar-refractivity contribution in [3.05, 3.63) is 29.8 Å². The Balaban J connectivity index is 2.12. The number of rotatable bonds is 6. The molecule has 1 saturated heterocycles. The summed E-state index contributed by atoms with van der Waals surface area (Å²) in [6, 6.07) is 9.00. The van der Waals surface area contributed by atoms with Gasteiger partial charge in [-0.2, -0.15) is 0 Å². The fourth-order valence-corrected chi connectivity index (χ4v) is 3.53. The Hall–Kier alpha value is -1.02. The topological polar surface area (TPSA) is 15.3 Å². The molecule has 0 bridgehead atoms. The molecule has 1 heterocycles. The first kappa shape index (κ1) is 15.4. The minimum atomic E-state index is 0.466. The fourth-order valence-electron chi connectivity index (χ4n) is 3.53. The van der Waals surface area contributed by atoms with Crippen LogP contribution in [0.5, 0.6) is 0 Å². The number of nitrogens with one attached hydrogen (secondary N) is 1. The van der Waals surface area contributed by atoms with E-state index in [2.05, 4.69) is 55.3 Å². The average molecular weight is 274 g/mol. The fraction of sp³-hybridized carbons (Fsp3) is 0.667. The monoisotopic (exact) mass is 274 g/mol. The van der Waals surface area contributed by atoms with Crippen LogP contribution in [0.4, 0.5) is 5.69 Å². The molecule has 0 radical (unpaired) electrons. The molecule has 1 aliphatic heterocycles. The van der Waals surface area contributed by atoms with Gasteiger partial charge in [-0.1, -0.05) is 31.0 Å². The van der Waals surface area contributed by atoms with Crippen LogP contribution >= 0.6 is 0 Å². The Bertz CT molecular complexity index is 385. The lowest BCUT2D eigenvalue weighted by atomic mass is 9.76. The van der Waals surface area contributed by atoms with Gasteiger partial charge in [0.1, 0.15) is 0 Å². The van der Waals surface area contributed by atoms with Crippen molar-refractivity contribution in [1.82, 2.24) is 5.32 Å². The summed E-state index contributed by atoms with van der Waals surface area (Å²) in [5.41, 5.74) is 3.18. The first-order valence-electron chi connectivity index (χ1n) is 8.21. The Labute approximate surface area is 124 Å². The molecule has 1 aliphatic rings. The molecule has 0 amide bonds. The lowest BCUT2D eigenvalue weighted by molar-refractivity contribution is 0.195. The number of aryl methyl sites for hydroxylation is 1. The van der Waals surface area contributed by atoms with Crippen molar-refractivity contribution < 1.29 is 0 Å². The summed E-state index contributed by atoms with van der Waals surface area (Å²) < 4.78 is 0. The maximum absolute atomic E-state index is 3.62. The highest BCUT2D eigenvalue weighted by molar-refractivity contribution is 5.47. The van der Waals surface area contributed by atoms with Crippen molar-refractivity contribution in [3.8, 4) is 0 Å². The molecule has 1 atom stereocenters. The predicted octanol–water partition coefficient (Wildman–Crippen LogP) is 3.99. The number of nitrogens with zero attached hydrogens (tertiary/aromatic N) is 1. The molecule has 1 aromatic rings. The zero-order chi connectivity index (χ0) is 14.4. The summed E-state index contributed by atoms with van der Waals surface area (Å²) in [6.07, 6.45) is 5.32. The van der Waals surface area contributed by atoms with Crippen LogP contribution in [-0.2, 0) is 0 Å². The third-order valence-electron chi connectivity index (χ3n) is 4.65. The van der Waals surface area contributed by atoms with E-state index >= 15 is 0 Å². The Morgan fingerprint density at radius 3 is 2.50 bits per heavy atom. The van der Waals surface area contributed by atoms with Crippen molar-refractivity contribution in [2.75, 3.05) is 31.1 Å². The molecular formula is C18H30N2. The molecule has 20 heavy (non-hydrogen) atoms. The van der Waals surface area contributed by atoms with Gasteiger partial charge in [-0.05, 0) is 51.8 Å². The number of hydrogen-bond acceptors (Lipinski definition) is 2. The highest BCUT2D eigenvalue weighted by Crippen LogP contribution is 2.34. The summed E-state index contributed by atoms with van der Waals surface area (Å²) in [7, 11) is 0. The van der Waals surface area contributed by atoms with Crippen LogP contribution in [0, 0.1) is 12.3 Å². The van der Waals surface area contributed by atoms with Crippen LogP contribution in [-0.4, -0.2) is 26.2 Å². The van der Waals surface area contributed by atoms with E-state index in [9.17, 15) is 0 Å². The first-order valence-corrected chi connectivity index (χ1v) is 8.21. The van der Waals surface area contributed by atoms with Crippen LogP contribution in [0.1, 0.15) is 45.1 Å².